The molecule has 2 aliphatic heterocycles. The van der Waals surface area contributed by atoms with Gasteiger partial charge in [0.05, 0.1) is 6.04 Å². The topological polar surface area (TPSA) is 49.3 Å². The Balaban J connectivity index is 1.19. The lowest BCUT2D eigenvalue weighted by atomic mass is 9.89. The van der Waals surface area contributed by atoms with Crippen molar-refractivity contribution in [3.63, 3.8) is 0 Å². The maximum atomic E-state index is 13.4. The van der Waals surface area contributed by atoms with Gasteiger partial charge >= 0.3 is 0 Å². The summed E-state index contributed by atoms with van der Waals surface area (Å²) >= 11 is 0. The molecule has 1 aromatic heterocycles. The predicted molar refractivity (Wildman–Crippen MR) is 126 cm³/mol. The van der Waals surface area contributed by atoms with E-state index in [1.807, 2.05) is 12.4 Å². The Kier molecular flexibility index (Phi) is 6.26. The number of nitrogens with zero attached hydrogens (tertiary/aromatic N) is 4. The molecule has 0 saturated carbocycles. The van der Waals surface area contributed by atoms with Crippen molar-refractivity contribution in [2.45, 2.75) is 44.2 Å². The lowest BCUT2D eigenvalue weighted by Gasteiger charge is -2.35. The van der Waals surface area contributed by atoms with E-state index in [9.17, 15) is 4.79 Å². The minimum Gasteiger partial charge on any atom is -0.341 e. The molecule has 1 atom stereocenters. The number of likely N-dealkylation sites (tertiary alicyclic amines) is 2. The molecule has 1 unspecified atom stereocenters. The van der Waals surface area contributed by atoms with Crippen LogP contribution in [0.4, 0.5) is 0 Å². The van der Waals surface area contributed by atoms with Crippen LogP contribution in [0.5, 0.6) is 0 Å². The molecule has 0 bridgehead atoms. The van der Waals surface area contributed by atoms with E-state index in [2.05, 4.69) is 74.4 Å². The zero-order valence-electron chi connectivity index (χ0n) is 18.4. The van der Waals surface area contributed by atoms with E-state index in [4.69, 9.17) is 0 Å². The Morgan fingerprint density at radius 1 is 0.844 bits per heavy atom. The van der Waals surface area contributed by atoms with Crippen molar-refractivity contribution in [2.75, 3.05) is 19.6 Å². The molecule has 3 aromatic rings. The molecule has 2 saturated heterocycles. The van der Waals surface area contributed by atoms with Crippen molar-refractivity contribution >= 4 is 5.91 Å². The molecule has 0 aliphatic carbocycles. The van der Waals surface area contributed by atoms with Gasteiger partial charge < -0.3 is 4.90 Å². The van der Waals surface area contributed by atoms with Gasteiger partial charge in [-0.3, -0.25) is 9.69 Å². The van der Waals surface area contributed by atoms with E-state index in [-0.39, 0.29) is 6.04 Å². The number of hydrogen-bond acceptors (Lipinski definition) is 4. The summed E-state index contributed by atoms with van der Waals surface area (Å²) in [7, 11) is 0. The van der Waals surface area contributed by atoms with Crippen LogP contribution in [0.25, 0.3) is 11.1 Å². The number of carbonyl (C=O) groups is 1. The zero-order chi connectivity index (χ0) is 21.8. The van der Waals surface area contributed by atoms with E-state index in [0.29, 0.717) is 11.8 Å². The van der Waals surface area contributed by atoms with Crippen LogP contribution in [0.2, 0.25) is 0 Å². The van der Waals surface area contributed by atoms with Gasteiger partial charge in [0.25, 0.3) is 0 Å². The second-order valence-electron chi connectivity index (χ2n) is 8.96. The molecule has 5 rings (SSSR count). The van der Waals surface area contributed by atoms with Crippen LogP contribution < -0.4 is 0 Å². The molecule has 0 spiro atoms. The third kappa shape index (κ3) is 4.58. The quantitative estimate of drug-likeness (QED) is 0.602. The van der Waals surface area contributed by atoms with Crippen LogP contribution in [-0.2, 0) is 11.3 Å². The van der Waals surface area contributed by atoms with Crippen LogP contribution in [-0.4, -0.2) is 51.4 Å². The van der Waals surface area contributed by atoms with Crippen molar-refractivity contribution in [1.82, 2.24) is 19.8 Å². The second-order valence-corrected chi connectivity index (χ2v) is 8.96. The smallest absolute Gasteiger partial charge is 0.239 e. The maximum Gasteiger partial charge on any atom is 0.239 e. The molecule has 2 fully saturated rings. The van der Waals surface area contributed by atoms with Crippen molar-refractivity contribution in [3.8, 4) is 11.1 Å². The van der Waals surface area contributed by atoms with Gasteiger partial charge in [-0.15, -0.1) is 0 Å². The minimum atomic E-state index is 0.0190. The number of piperidine rings is 1. The molecule has 164 valence electrons. The van der Waals surface area contributed by atoms with Crippen molar-refractivity contribution in [3.05, 3.63) is 84.4 Å². The van der Waals surface area contributed by atoms with Gasteiger partial charge in [0.2, 0.25) is 5.91 Å². The van der Waals surface area contributed by atoms with Gasteiger partial charge in [-0.2, -0.15) is 0 Å². The van der Waals surface area contributed by atoms with E-state index in [1.165, 1.54) is 11.1 Å². The number of hydrogen-bond donors (Lipinski definition) is 0. The van der Waals surface area contributed by atoms with Crippen LogP contribution in [0.3, 0.4) is 0 Å². The highest BCUT2D eigenvalue weighted by molar-refractivity contribution is 5.82. The molecular weight excluding hydrogens is 396 g/mol. The number of amides is 1. The summed E-state index contributed by atoms with van der Waals surface area (Å²) in [4.78, 5) is 26.0. The molecule has 1 amide bonds. The zero-order valence-corrected chi connectivity index (χ0v) is 18.4. The first-order chi connectivity index (χ1) is 15.8. The molecule has 2 aromatic carbocycles. The Morgan fingerprint density at radius 3 is 2.28 bits per heavy atom. The monoisotopic (exact) mass is 426 g/mol. The van der Waals surface area contributed by atoms with Gasteiger partial charge in [-0.05, 0) is 54.8 Å². The van der Waals surface area contributed by atoms with E-state index in [0.717, 1.165) is 63.0 Å². The second kappa shape index (κ2) is 9.61. The summed E-state index contributed by atoms with van der Waals surface area (Å²) in [6.45, 7) is 3.56. The Morgan fingerprint density at radius 2 is 1.56 bits per heavy atom. The molecule has 0 radical (unpaired) electrons. The van der Waals surface area contributed by atoms with Crippen LogP contribution in [0.1, 0.15) is 42.7 Å². The van der Waals surface area contributed by atoms with Crippen LogP contribution in [0, 0.1) is 0 Å². The Bertz CT molecular complexity index is 1010. The van der Waals surface area contributed by atoms with Gasteiger partial charge in [0, 0.05) is 37.6 Å². The van der Waals surface area contributed by atoms with Gasteiger partial charge in [-0.25, -0.2) is 9.97 Å². The molecule has 5 heteroatoms. The molecule has 2 aliphatic rings. The number of carbonyl (C=O) groups excluding carboxylic acids is 1. The number of rotatable bonds is 5. The average Bonchev–Trinajstić information content (AvgIpc) is 3.33. The molecule has 0 N–H and O–H groups in total. The van der Waals surface area contributed by atoms with Crippen molar-refractivity contribution in [1.29, 1.82) is 0 Å². The Labute approximate surface area is 190 Å². The summed E-state index contributed by atoms with van der Waals surface area (Å²) in [5.41, 5.74) is 4.79. The SMILES string of the molecule is O=C(C1CCCN1Cc1ccc(-c2cncnc2)cc1)N1CCC(c2ccccc2)CC1. The first-order valence-corrected chi connectivity index (χ1v) is 11.7. The number of benzene rings is 2. The average molecular weight is 427 g/mol. The van der Waals surface area contributed by atoms with Crippen molar-refractivity contribution < 1.29 is 4.79 Å². The molecular formula is C27H30N4O. The van der Waals surface area contributed by atoms with Crippen LogP contribution in [0.15, 0.2) is 73.3 Å². The largest absolute Gasteiger partial charge is 0.341 e. The first kappa shape index (κ1) is 20.8. The fourth-order valence-electron chi connectivity index (χ4n) is 5.15. The third-order valence-corrected chi connectivity index (χ3v) is 6.96. The van der Waals surface area contributed by atoms with E-state index >= 15 is 0 Å². The van der Waals surface area contributed by atoms with E-state index in [1.54, 1.807) is 6.33 Å². The summed E-state index contributed by atoms with van der Waals surface area (Å²) in [6, 6.07) is 19.3. The molecule has 32 heavy (non-hydrogen) atoms. The van der Waals surface area contributed by atoms with Gasteiger partial charge in [0.15, 0.2) is 0 Å². The fourth-order valence-corrected chi connectivity index (χ4v) is 5.15. The lowest BCUT2D eigenvalue weighted by Crippen LogP contribution is -2.48. The van der Waals surface area contributed by atoms with E-state index < -0.39 is 0 Å². The van der Waals surface area contributed by atoms with Gasteiger partial charge in [-0.1, -0.05) is 54.6 Å². The normalized spacial score (nSPS) is 19.9. The van der Waals surface area contributed by atoms with Gasteiger partial charge in [0.1, 0.15) is 6.33 Å². The summed E-state index contributed by atoms with van der Waals surface area (Å²) < 4.78 is 0. The fraction of sp³-hybridized carbons (Fsp3) is 0.370. The predicted octanol–water partition coefficient (Wildman–Crippen LogP) is 4.51. The first-order valence-electron chi connectivity index (χ1n) is 11.7. The highest BCUT2D eigenvalue weighted by Crippen LogP contribution is 2.30. The third-order valence-electron chi connectivity index (χ3n) is 6.96. The molecule has 5 nitrogen and oxygen atoms in total. The maximum absolute atomic E-state index is 13.4. The minimum absolute atomic E-state index is 0.0190. The highest BCUT2D eigenvalue weighted by Gasteiger charge is 2.35. The standard InChI is InChI=1S/C27H30N4O/c32-27(30-15-12-24(13-16-30)22-5-2-1-3-6-22)26-7-4-14-31(26)19-21-8-10-23(11-9-21)25-17-28-20-29-18-25/h1-3,5-6,8-11,17-18,20,24,26H,4,7,12-16,19H2. The summed E-state index contributed by atoms with van der Waals surface area (Å²) in [5.74, 6) is 0.903. The number of aromatic nitrogens is 2. The highest BCUT2D eigenvalue weighted by atomic mass is 16.2. The Hall–Kier alpha value is -3.05. The molecule has 3 heterocycles. The van der Waals surface area contributed by atoms with Crippen molar-refractivity contribution in [2.24, 2.45) is 0 Å². The van der Waals surface area contributed by atoms with Crippen LogP contribution >= 0.6 is 0 Å². The summed E-state index contributed by atoms with van der Waals surface area (Å²) in [6.07, 6.45) is 9.40. The lowest BCUT2D eigenvalue weighted by molar-refractivity contribution is -0.137. The summed E-state index contributed by atoms with van der Waals surface area (Å²) in [5, 5.41) is 0.